The molecule has 0 spiro atoms. The van der Waals surface area contributed by atoms with Gasteiger partial charge in [-0.2, -0.15) is 0 Å². The number of fused-ring (bicyclic) bond motifs is 3. The number of primary amides is 1. The summed E-state index contributed by atoms with van der Waals surface area (Å²) in [6.45, 7) is 0.189. The highest BCUT2D eigenvalue weighted by molar-refractivity contribution is 6.31. The quantitative estimate of drug-likeness (QED) is 0.456. The Hall–Kier alpha value is -3.24. The highest BCUT2D eigenvalue weighted by Gasteiger charge is 2.66. The van der Waals surface area contributed by atoms with Gasteiger partial charge in [-0.05, 0) is 50.0 Å². The standard InChI is InChI=1S/C24H26N2O8/c1-26(2)9-13(27)6-10-3-4-15(28)18-14(10)7-11-5-12-8-16(29)19(23(25)33)22(32)24(12,34)21(31)17(11)20(18)30/h3-4,11-12,17,19,28,34H,5-9H2,1-2H3,(H2,25,33)/t11-,12+,17?,19?,24+/m1/s1. The van der Waals surface area contributed by atoms with Crippen LogP contribution in [0.1, 0.15) is 34.3 Å². The Morgan fingerprint density at radius 1 is 1.12 bits per heavy atom. The van der Waals surface area contributed by atoms with Crippen molar-refractivity contribution in [3.63, 3.8) is 0 Å². The number of phenols is 1. The summed E-state index contributed by atoms with van der Waals surface area (Å²) in [4.78, 5) is 78.0. The van der Waals surface area contributed by atoms with Gasteiger partial charge in [0.2, 0.25) is 5.91 Å². The molecule has 2 fully saturated rings. The molecule has 0 heterocycles. The van der Waals surface area contributed by atoms with Crippen LogP contribution >= 0.6 is 0 Å². The van der Waals surface area contributed by atoms with Gasteiger partial charge in [0.15, 0.2) is 40.4 Å². The van der Waals surface area contributed by atoms with Crippen molar-refractivity contribution in [1.82, 2.24) is 4.90 Å². The molecule has 180 valence electrons. The molecule has 0 bridgehead atoms. The SMILES string of the molecule is CN(C)CC(=O)Cc1ccc(O)c2c1C[C@H]1C[C@H]3CC(=O)C(C(N)=O)C(=O)[C@@]3(O)C(=O)C1C2=O. The van der Waals surface area contributed by atoms with E-state index in [9.17, 15) is 39.0 Å². The second-order valence-electron chi connectivity index (χ2n) is 9.79. The molecular formula is C24H26N2O8. The van der Waals surface area contributed by atoms with Crippen molar-refractivity contribution in [2.24, 2.45) is 29.4 Å². The number of nitrogens with two attached hydrogens (primary N) is 1. The highest BCUT2D eigenvalue weighted by atomic mass is 16.3. The molecule has 0 radical (unpaired) electrons. The van der Waals surface area contributed by atoms with E-state index in [2.05, 4.69) is 0 Å². The zero-order valence-corrected chi connectivity index (χ0v) is 18.9. The predicted molar refractivity (Wildman–Crippen MR) is 116 cm³/mol. The first-order valence-electron chi connectivity index (χ1n) is 11.0. The van der Waals surface area contributed by atoms with Crippen molar-refractivity contribution in [2.45, 2.75) is 31.3 Å². The number of phenolic OH excluding ortho intramolecular Hbond substituents is 1. The Labute approximate surface area is 195 Å². The molecule has 2 unspecified atom stereocenters. The fourth-order valence-corrected chi connectivity index (χ4v) is 5.82. The number of carbonyl (C=O) groups excluding carboxylic acids is 6. The van der Waals surface area contributed by atoms with E-state index < -0.39 is 58.3 Å². The van der Waals surface area contributed by atoms with Gasteiger partial charge in [0, 0.05) is 18.8 Å². The molecule has 0 saturated heterocycles. The topological polar surface area (TPSA) is 172 Å². The summed E-state index contributed by atoms with van der Waals surface area (Å²) in [5, 5.41) is 21.6. The third-order valence-electron chi connectivity index (χ3n) is 7.26. The molecule has 4 rings (SSSR count). The van der Waals surface area contributed by atoms with Gasteiger partial charge in [-0.15, -0.1) is 0 Å². The second-order valence-corrected chi connectivity index (χ2v) is 9.79. The van der Waals surface area contributed by atoms with Crippen LogP contribution in [0, 0.1) is 23.7 Å². The predicted octanol–water partition coefficient (Wildman–Crippen LogP) is -1.000. The Kier molecular flexibility index (Phi) is 5.77. The maximum Gasteiger partial charge on any atom is 0.235 e. The van der Waals surface area contributed by atoms with E-state index in [1.54, 1.807) is 25.1 Å². The van der Waals surface area contributed by atoms with Crippen LogP contribution in [0.15, 0.2) is 12.1 Å². The van der Waals surface area contributed by atoms with Gasteiger partial charge in [0.25, 0.3) is 0 Å². The van der Waals surface area contributed by atoms with Gasteiger partial charge >= 0.3 is 0 Å². The molecule has 0 aliphatic heterocycles. The number of aromatic hydroxyl groups is 1. The van der Waals surface area contributed by atoms with E-state index in [0.717, 1.165) is 0 Å². The molecule has 5 atom stereocenters. The molecule has 3 aliphatic rings. The van der Waals surface area contributed by atoms with E-state index in [1.807, 2.05) is 0 Å². The minimum atomic E-state index is -2.67. The van der Waals surface area contributed by atoms with Gasteiger partial charge in [0.1, 0.15) is 5.75 Å². The van der Waals surface area contributed by atoms with Crippen molar-refractivity contribution in [3.05, 3.63) is 28.8 Å². The first-order valence-corrected chi connectivity index (χ1v) is 11.0. The van der Waals surface area contributed by atoms with Crippen LogP contribution in [0.2, 0.25) is 0 Å². The van der Waals surface area contributed by atoms with Crippen LogP contribution in [-0.4, -0.2) is 76.2 Å². The summed E-state index contributed by atoms with van der Waals surface area (Å²) >= 11 is 0. The Balaban J connectivity index is 1.74. The van der Waals surface area contributed by atoms with Crippen LogP contribution in [0.3, 0.4) is 0 Å². The second kappa shape index (κ2) is 8.21. The number of carbonyl (C=O) groups is 6. The lowest BCUT2D eigenvalue weighted by molar-refractivity contribution is -0.175. The van der Waals surface area contributed by atoms with Gasteiger partial charge in [-0.3, -0.25) is 28.8 Å². The third-order valence-corrected chi connectivity index (χ3v) is 7.26. The molecule has 10 heteroatoms. The Bertz CT molecular complexity index is 1160. The van der Waals surface area contributed by atoms with E-state index in [1.165, 1.54) is 6.07 Å². The average Bonchev–Trinajstić information content (AvgIpc) is 2.71. The summed E-state index contributed by atoms with van der Waals surface area (Å²) in [5.74, 6) is -10.6. The monoisotopic (exact) mass is 470 g/mol. The van der Waals surface area contributed by atoms with Crippen LogP contribution in [0.5, 0.6) is 5.75 Å². The zero-order chi connectivity index (χ0) is 25.1. The van der Waals surface area contributed by atoms with E-state index >= 15 is 0 Å². The van der Waals surface area contributed by atoms with E-state index in [-0.39, 0.29) is 49.3 Å². The number of ketones is 5. The molecule has 1 amide bonds. The van der Waals surface area contributed by atoms with Crippen LogP contribution in [0.4, 0.5) is 0 Å². The number of benzene rings is 1. The van der Waals surface area contributed by atoms with Crippen molar-refractivity contribution < 1.29 is 39.0 Å². The molecule has 3 aliphatic carbocycles. The van der Waals surface area contributed by atoms with Gasteiger partial charge in [-0.1, -0.05) is 6.07 Å². The number of hydrogen-bond acceptors (Lipinski definition) is 9. The van der Waals surface area contributed by atoms with Crippen molar-refractivity contribution in [1.29, 1.82) is 0 Å². The van der Waals surface area contributed by atoms with Crippen LogP contribution in [-0.2, 0) is 36.8 Å². The third kappa shape index (κ3) is 3.48. The lowest BCUT2D eigenvalue weighted by Crippen LogP contribution is -2.68. The maximum atomic E-state index is 13.4. The normalized spacial score (nSPS) is 30.6. The van der Waals surface area contributed by atoms with Crippen LogP contribution < -0.4 is 5.73 Å². The van der Waals surface area contributed by atoms with Crippen LogP contribution in [0.25, 0.3) is 0 Å². The van der Waals surface area contributed by atoms with Gasteiger partial charge < -0.3 is 20.8 Å². The molecule has 4 N–H and O–H groups in total. The summed E-state index contributed by atoms with van der Waals surface area (Å²) in [6.07, 6.45) is -0.184. The van der Waals surface area contributed by atoms with Gasteiger partial charge in [0.05, 0.1) is 18.0 Å². The Morgan fingerprint density at radius 2 is 1.79 bits per heavy atom. The van der Waals surface area contributed by atoms with Gasteiger partial charge in [-0.25, -0.2) is 0 Å². The molecule has 10 nitrogen and oxygen atoms in total. The number of amides is 1. The van der Waals surface area contributed by atoms with E-state index in [0.29, 0.717) is 11.1 Å². The molecular weight excluding hydrogens is 444 g/mol. The van der Waals surface area contributed by atoms with Crippen molar-refractivity contribution >= 4 is 34.8 Å². The average molecular weight is 470 g/mol. The first kappa shape index (κ1) is 23.9. The lowest BCUT2D eigenvalue weighted by atomic mass is 9.53. The fourth-order valence-electron chi connectivity index (χ4n) is 5.82. The Morgan fingerprint density at radius 3 is 2.41 bits per heavy atom. The van der Waals surface area contributed by atoms with Crippen molar-refractivity contribution in [3.8, 4) is 5.75 Å². The highest BCUT2D eigenvalue weighted by Crippen LogP contribution is 2.50. The summed E-state index contributed by atoms with van der Waals surface area (Å²) < 4.78 is 0. The number of hydrogen-bond donors (Lipinski definition) is 3. The number of nitrogens with zero attached hydrogens (tertiary/aromatic N) is 1. The number of aliphatic hydroxyl groups is 1. The lowest BCUT2D eigenvalue weighted by Gasteiger charge is -2.48. The molecule has 34 heavy (non-hydrogen) atoms. The molecule has 1 aromatic carbocycles. The first-order chi connectivity index (χ1) is 15.9. The number of rotatable bonds is 5. The molecule has 1 aromatic rings. The minimum absolute atomic E-state index is 0.0157. The fraction of sp³-hybridized carbons (Fsp3) is 0.500. The zero-order valence-electron chi connectivity index (χ0n) is 18.9. The van der Waals surface area contributed by atoms with E-state index in [4.69, 9.17) is 5.73 Å². The molecule has 2 saturated carbocycles. The van der Waals surface area contributed by atoms with Crippen molar-refractivity contribution in [2.75, 3.05) is 20.6 Å². The minimum Gasteiger partial charge on any atom is -0.507 e. The maximum absolute atomic E-state index is 13.4. The molecule has 0 aromatic heterocycles. The summed E-state index contributed by atoms with van der Waals surface area (Å²) in [6, 6.07) is 2.86. The summed E-state index contributed by atoms with van der Waals surface area (Å²) in [5.41, 5.74) is 3.42. The smallest absolute Gasteiger partial charge is 0.235 e. The number of likely N-dealkylation sites (N-methyl/N-ethyl adjacent to an activating group) is 1. The summed E-state index contributed by atoms with van der Waals surface area (Å²) in [7, 11) is 3.51. The largest absolute Gasteiger partial charge is 0.507 e. The number of Topliss-reactive ketones (excluding diaryl/α,β-unsaturated/α-hetero) is 5.